The molecule has 1 aromatic rings. The van der Waals surface area contributed by atoms with Gasteiger partial charge in [-0.15, -0.1) is 0 Å². The van der Waals surface area contributed by atoms with Crippen LogP contribution in [-0.2, 0) is 4.79 Å². The molecule has 0 aliphatic heterocycles. The molecule has 0 aliphatic rings. The largest absolute Gasteiger partial charge is 0.395 e. The van der Waals surface area contributed by atoms with Crippen molar-refractivity contribution in [2.45, 2.75) is 13.3 Å². The van der Waals surface area contributed by atoms with E-state index in [4.69, 9.17) is 5.73 Å². The van der Waals surface area contributed by atoms with E-state index < -0.39 is 5.82 Å². The lowest BCUT2D eigenvalue weighted by Gasteiger charge is -2.20. The average molecular weight is 239 g/mol. The molecule has 0 bridgehead atoms. The second-order valence-corrected chi connectivity index (χ2v) is 3.88. The van der Waals surface area contributed by atoms with Gasteiger partial charge in [0.1, 0.15) is 5.82 Å². The van der Waals surface area contributed by atoms with Crippen LogP contribution in [0.4, 0.5) is 15.8 Å². The van der Waals surface area contributed by atoms with Crippen molar-refractivity contribution in [2.75, 3.05) is 30.8 Å². The third-order valence-electron chi connectivity index (χ3n) is 2.39. The second kappa shape index (κ2) is 6.08. The van der Waals surface area contributed by atoms with Gasteiger partial charge in [0.05, 0.1) is 17.9 Å². The third kappa shape index (κ3) is 3.62. The second-order valence-electron chi connectivity index (χ2n) is 3.88. The first-order chi connectivity index (χ1) is 8.06. The van der Waals surface area contributed by atoms with Crippen LogP contribution in [0.15, 0.2) is 18.2 Å². The zero-order chi connectivity index (χ0) is 12.8. The number of nitrogens with one attached hydrogen (secondary N) is 1. The fraction of sp³-hybridized carbons (Fsp3) is 0.417. The van der Waals surface area contributed by atoms with Crippen LogP contribution in [0.3, 0.4) is 0 Å². The van der Waals surface area contributed by atoms with Crippen LogP contribution < -0.4 is 16.0 Å². The molecule has 17 heavy (non-hydrogen) atoms. The first kappa shape index (κ1) is 13.3. The van der Waals surface area contributed by atoms with Crippen LogP contribution >= 0.6 is 0 Å². The van der Waals surface area contributed by atoms with Crippen molar-refractivity contribution >= 4 is 17.3 Å². The Morgan fingerprint density at radius 1 is 1.53 bits per heavy atom. The number of amides is 1. The van der Waals surface area contributed by atoms with Crippen LogP contribution in [0, 0.1) is 5.82 Å². The first-order valence-corrected chi connectivity index (χ1v) is 5.58. The summed E-state index contributed by atoms with van der Waals surface area (Å²) in [6.45, 7) is 2.79. The number of carbonyl (C=O) groups is 1. The molecule has 0 heterocycles. The summed E-state index contributed by atoms with van der Waals surface area (Å²) in [6.07, 6.45) is 0.886. The lowest BCUT2D eigenvalue weighted by molar-refractivity contribution is -0.119. The van der Waals surface area contributed by atoms with E-state index in [1.165, 1.54) is 6.07 Å². The molecule has 0 radical (unpaired) electrons. The predicted octanol–water partition coefficient (Wildman–Crippen LogP) is 1.37. The van der Waals surface area contributed by atoms with Crippen LogP contribution in [0.1, 0.15) is 13.3 Å². The summed E-state index contributed by atoms with van der Waals surface area (Å²) in [4.78, 5) is 13.1. The summed E-state index contributed by atoms with van der Waals surface area (Å²) in [5.41, 5.74) is 6.20. The number of hydrogen-bond donors (Lipinski definition) is 2. The molecule has 1 aromatic carbocycles. The number of hydrogen-bond acceptors (Lipinski definition) is 3. The van der Waals surface area contributed by atoms with E-state index in [0.29, 0.717) is 12.2 Å². The zero-order valence-corrected chi connectivity index (χ0v) is 10.2. The molecule has 0 unspecified atom stereocenters. The molecule has 1 amide bonds. The molecular weight excluding hydrogens is 221 g/mol. The minimum atomic E-state index is -0.469. The van der Waals surface area contributed by atoms with Gasteiger partial charge in [-0.25, -0.2) is 4.39 Å². The number of para-hydroxylation sites is 1. The Bertz CT molecular complexity index is 395. The number of rotatable bonds is 5. The molecule has 3 N–H and O–H groups in total. The molecule has 0 saturated heterocycles. The molecular formula is C12H18FN3O. The summed E-state index contributed by atoms with van der Waals surface area (Å²) < 4.78 is 13.2. The maximum atomic E-state index is 13.2. The number of carbonyl (C=O) groups excluding carboxylic acids is 1. The van der Waals surface area contributed by atoms with Gasteiger partial charge in [0, 0.05) is 13.6 Å². The van der Waals surface area contributed by atoms with Crippen LogP contribution in [0.5, 0.6) is 0 Å². The lowest BCUT2D eigenvalue weighted by atomic mass is 10.2. The Morgan fingerprint density at radius 2 is 2.24 bits per heavy atom. The molecule has 1 rings (SSSR count). The standard InChI is InChI=1S/C12H18FN3O/c1-3-7-15-11(17)8-16(2)10-6-4-5-9(13)12(10)14/h4-6H,3,7-8,14H2,1-2H3,(H,15,17). The van der Waals surface area contributed by atoms with Crippen molar-refractivity contribution in [3.63, 3.8) is 0 Å². The van der Waals surface area contributed by atoms with E-state index in [9.17, 15) is 9.18 Å². The first-order valence-electron chi connectivity index (χ1n) is 5.58. The Hall–Kier alpha value is -1.78. The normalized spacial score (nSPS) is 10.1. The lowest BCUT2D eigenvalue weighted by Crippen LogP contribution is -2.35. The van der Waals surface area contributed by atoms with Crippen molar-refractivity contribution in [1.82, 2.24) is 5.32 Å². The van der Waals surface area contributed by atoms with E-state index in [1.54, 1.807) is 24.1 Å². The molecule has 0 fully saturated rings. The molecule has 0 aliphatic carbocycles. The van der Waals surface area contributed by atoms with Crippen LogP contribution in [-0.4, -0.2) is 26.0 Å². The maximum absolute atomic E-state index is 13.2. The molecule has 94 valence electrons. The van der Waals surface area contributed by atoms with E-state index in [0.717, 1.165) is 6.42 Å². The Labute approximate surface area is 101 Å². The highest BCUT2D eigenvalue weighted by atomic mass is 19.1. The van der Waals surface area contributed by atoms with Crippen molar-refractivity contribution in [1.29, 1.82) is 0 Å². The van der Waals surface area contributed by atoms with Gasteiger partial charge < -0.3 is 16.0 Å². The monoisotopic (exact) mass is 239 g/mol. The topological polar surface area (TPSA) is 58.4 Å². The zero-order valence-electron chi connectivity index (χ0n) is 10.2. The van der Waals surface area contributed by atoms with Gasteiger partial charge in [-0.2, -0.15) is 0 Å². The van der Waals surface area contributed by atoms with E-state index in [2.05, 4.69) is 5.32 Å². The van der Waals surface area contributed by atoms with Crippen molar-refractivity contribution in [3.05, 3.63) is 24.0 Å². The van der Waals surface area contributed by atoms with Crippen molar-refractivity contribution < 1.29 is 9.18 Å². The number of benzene rings is 1. The van der Waals surface area contributed by atoms with Gasteiger partial charge in [0.15, 0.2) is 0 Å². The number of nitrogen functional groups attached to an aromatic ring is 1. The highest BCUT2D eigenvalue weighted by Gasteiger charge is 2.11. The minimum absolute atomic E-state index is 0.0679. The highest BCUT2D eigenvalue weighted by molar-refractivity contribution is 5.82. The van der Waals surface area contributed by atoms with Gasteiger partial charge >= 0.3 is 0 Å². The number of nitrogens with zero attached hydrogens (tertiary/aromatic N) is 1. The summed E-state index contributed by atoms with van der Waals surface area (Å²) in [5.74, 6) is -0.568. The quantitative estimate of drug-likeness (QED) is 0.763. The fourth-order valence-corrected chi connectivity index (χ4v) is 1.48. The smallest absolute Gasteiger partial charge is 0.239 e. The summed E-state index contributed by atoms with van der Waals surface area (Å²) in [5, 5.41) is 2.75. The minimum Gasteiger partial charge on any atom is -0.395 e. The summed E-state index contributed by atoms with van der Waals surface area (Å²) >= 11 is 0. The summed E-state index contributed by atoms with van der Waals surface area (Å²) in [7, 11) is 1.71. The number of halogens is 1. The molecule has 5 heteroatoms. The van der Waals surface area contributed by atoms with E-state index >= 15 is 0 Å². The number of nitrogens with two attached hydrogens (primary N) is 1. The average Bonchev–Trinajstić information content (AvgIpc) is 2.29. The van der Waals surface area contributed by atoms with Gasteiger partial charge in [0.2, 0.25) is 5.91 Å². The molecule has 0 spiro atoms. The van der Waals surface area contributed by atoms with E-state index in [-0.39, 0.29) is 18.1 Å². The maximum Gasteiger partial charge on any atom is 0.239 e. The summed E-state index contributed by atoms with van der Waals surface area (Å²) in [6, 6.07) is 4.55. The van der Waals surface area contributed by atoms with Crippen LogP contribution in [0.25, 0.3) is 0 Å². The highest BCUT2D eigenvalue weighted by Crippen LogP contribution is 2.24. The third-order valence-corrected chi connectivity index (χ3v) is 2.39. The van der Waals surface area contributed by atoms with Gasteiger partial charge in [-0.3, -0.25) is 4.79 Å². The van der Waals surface area contributed by atoms with Gasteiger partial charge in [-0.1, -0.05) is 13.0 Å². The van der Waals surface area contributed by atoms with E-state index in [1.807, 2.05) is 6.92 Å². The van der Waals surface area contributed by atoms with Crippen molar-refractivity contribution in [3.8, 4) is 0 Å². The SMILES string of the molecule is CCCNC(=O)CN(C)c1cccc(F)c1N. The molecule has 0 atom stereocenters. The van der Waals surface area contributed by atoms with Crippen molar-refractivity contribution in [2.24, 2.45) is 0 Å². The Kier molecular flexibility index (Phi) is 4.75. The Morgan fingerprint density at radius 3 is 2.88 bits per heavy atom. The van der Waals surface area contributed by atoms with Gasteiger partial charge in [0.25, 0.3) is 0 Å². The molecule has 4 nitrogen and oxygen atoms in total. The number of anilines is 2. The molecule has 0 saturated carbocycles. The predicted molar refractivity (Wildman–Crippen MR) is 67.4 cm³/mol. The number of likely N-dealkylation sites (N-methyl/N-ethyl adjacent to an activating group) is 1. The molecule has 0 aromatic heterocycles. The van der Waals surface area contributed by atoms with Crippen LogP contribution in [0.2, 0.25) is 0 Å². The Balaban J connectivity index is 2.66. The fourth-order valence-electron chi connectivity index (χ4n) is 1.48. The van der Waals surface area contributed by atoms with Gasteiger partial charge in [-0.05, 0) is 18.6 Å².